The Labute approximate surface area is 109 Å². The van der Waals surface area contributed by atoms with E-state index < -0.39 is 0 Å². The average Bonchev–Trinajstić information content (AvgIpc) is 2.88. The molecule has 17 heavy (non-hydrogen) atoms. The smallest absolute Gasteiger partial charge is 0.0666 e. The van der Waals surface area contributed by atoms with Crippen LogP contribution in [0.4, 0.5) is 0 Å². The van der Waals surface area contributed by atoms with E-state index in [4.69, 9.17) is 9.47 Å². The molecule has 0 radical (unpaired) electrons. The third kappa shape index (κ3) is 4.43. The molecule has 3 atom stereocenters. The lowest BCUT2D eigenvalue weighted by Crippen LogP contribution is -2.45. The van der Waals surface area contributed by atoms with Crippen LogP contribution in [0, 0.1) is 0 Å². The Morgan fingerprint density at radius 1 is 1.29 bits per heavy atom. The summed E-state index contributed by atoms with van der Waals surface area (Å²) in [4.78, 5) is 0. The highest BCUT2D eigenvalue weighted by molar-refractivity contribution is 8.00. The molecule has 0 amide bonds. The Hall–Kier alpha value is 0.230. The number of hydrogen-bond acceptors (Lipinski definition) is 4. The summed E-state index contributed by atoms with van der Waals surface area (Å²) >= 11 is 2.04. The lowest BCUT2D eigenvalue weighted by molar-refractivity contribution is 0.0827. The van der Waals surface area contributed by atoms with Crippen LogP contribution in [0.15, 0.2) is 0 Å². The van der Waals surface area contributed by atoms with Crippen molar-refractivity contribution in [3.05, 3.63) is 0 Å². The molecule has 2 fully saturated rings. The summed E-state index contributed by atoms with van der Waals surface area (Å²) < 4.78 is 11.3. The first-order valence-corrected chi connectivity index (χ1v) is 7.99. The Morgan fingerprint density at radius 3 is 3.00 bits per heavy atom. The third-order valence-corrected chi connectivity index (χ3v) is 4.94. The van der Waals surface area contributed by atoms with Crippen LogP contribution in [0.25, 0.3) is 0 Å². The molecule has 0 aromatic carbocycles. The SMILES string of the molecule is CCCNC1CCOCC1SCC1CCCO1. The number of ether oxygens (including phenoxy) is 2. The van der Waals surface area contributed by atoms with E-state index in [1.807, 2.05) is 11.8 Å². The van der Waals surface area contributed by atoms with Crippen molar-refractivity contribution >= 4 is 11.8 Å². The summed E-state index contributed by atoms with van der Waals surface area (Å²) in [5.41, 5.74) is 0. The van der Waals surface area contributed by atoms with E-state index in [9.17, 15) is 0 Å². The highest BCUT2D eigenvalue weighted by Crippen LogP contribution is 2.25. The lowest BCUT2D eigenvalue weighted by atomic mass is 10.1. The molecule has 0 spiro atoms. The Morgan fingerprint density at radius 2 is 2.24 bits per heavy atom. The molecule has 3 unspecified atom stereocenters. The second kappa shape index (κ2) is 7.62. The minimum absolute atomic E-state index is 0.494. The van der Waals surface area contributed by atoms with Crippen LogP contribution in [0.5, 0.6) is 0 Å². The van der Waals surface area contributed by atoms with Gasteiger partial charge in [0, 0.05) is 30.3 Å². The fraction of sp³-hybridized carbons (Fsp3) is 1.00. The summed E-state index contributed by atoms with van der Waals surface area (Å²) in [5, 5.41) is 4.27. The normalized spacial score (nSPS) is 34.1. The zero-order chi connectivity index (χ0) is 11.9. The summed E-state index contributed by atoms with van der Waals surface area (Å²) in [6, 6.07) is 0.634. The van der Waals surface area contributed by atoms with Crippen molar-refractivity contribution in [1.29, 1.82) is 0 Å². The standard InChI is InChI=1S/C13H25NO2S/c1-2-6-14-12-5-8-15-9-13(12)17-10-11-4-3-7-16-11/h11-14H,2-10H2,1H3. The molecule has 0 bridgehead atoms. The van der Waals surface area contributed by atoms with Crippen LogP contribution in [0.3, 0.4) is 0 Å². The third-order valence-electron chi connectivity index (χ3n) is 3.48. The van der Waals surface area contributed by atoms with Crippen LogP contribution >= 0.6 is 11.8 Å². The van der Waals surface area contributed by atoms with Crippen molar-refractivity contribution in [3.8, 4) is 0 Å². The van der Waals surface area contributed by atoms with Crippen molar-refractivity contribution in [3.63, 3.8) is 0 Å². The molecule has 0 aliphatic carbocycles. The maximum atomic E-state index is 5.68. The van der Waals surface area contributed by atoms with Gasteiger partial charge in [-0.3, -0.25) is 0 Å². The van der Waals surface area contributed by atoms with E-state index in [0.717, 1.165) is 38.5 Å². The maximum Gasteiger partial charge on any atom is 0.0666 e. The van der Waals surface area contributed by atoms with Gasteiger partial charge in [0.25, 0.3) is 0 Å². The van der Waals surface area contributed by atoms with E-state index in [1.54, 1.807) is 0 Å². The van der Waals surface area contributed by atoms with Crippen LogP contribution in [0.2, 0.25) is 0 Å². The number of thioether (sulfide) groups is 1. The zero-order valence-electron chi connectivity index (χ0n) is 10.8. The number of nitrogens with one attached hydrogen (secondary N) is 1. The van der Waals surface area contributed by atoms with Crippen molar-refractivity contribution < 1.29 is 9.47 Å². The van der Waals surface area contributed by atoms with Crippen LogP contribution in [0.1, 0.15) is 32.6 Å². The maximum absolute atomic E-state index is 5.68. The Kier molecular flexibility index (Phi) is 6.12. The van der Waals surface area contributed by atoms with Crippen molar-refractivity contribution in [2.75, 3.05) is 32.1 Å². The minimum Gasteiger partial charge on any atom is -0.380 e. The van der Waals surface area contributed by atoms with Gasteiger partial charge in [-0.05, 0) is 32.2 Å². The molecule has 0 saturated carbocycles. The first kappa shape index (κ1) is 13.7. The second-order valence-corrected chi connectivity index (χ2v) is 6.20. The van der Waals surface area contributed by atoms with Gasteiger partial charge >= 0.3 is 0 Å². The van der Waals surface area contributed by atoms with E-state index in [2.05, 4.69) is 12.2 Å². The van der Waals surface area contributed by atoms with Gasteiger partial charge in [0.15, 0.2) is 0 Å². The van der Waals surface area contributed by atoms with Gasteiger partial charge in [-0.2, -0.15) is 11.8 Å². The molecule has 4 heteroatoms. The molecule has 0 aromatic rings. The zero-order valence-corrected chi connectivity index (χ0v) is 11.6. The fourth-order valence-corrected chi connectivity index (χ4v) is 3.83. The van der Waals surface area contributed by atoms with Crippen molar-refractivity contribution in [1.82, 2.24) is 5.32 Å². The molecule has 3 nitrogen and oxygen atoms in total. The van der Waals surface area contributed by atoms with Gasteiger partial charge in [-0.1, -0.05) is 6.92 Å². The molecule has 2 aliphatic heterocycles. The fourth-order valence-electron chi connectivity index (χ4n) is 2.45. The molecule has 2 rings (SSSR count). The Bertz CT molecular complexity index is 210. The van der Waals surface area contributed by atoms with Gasteiger partial charge in [-0.25, -0.2) is 0 Å². The molecule has 1 N–H and O–H groups in total. The predicted octanol–water partition coefficient (Wildman–Crippen LogP) is 2.06. The van der Waals surface area contributed by atoms with Crippen LogP contribution < -0.4 is 5.32 Å². The molecule has 2 saturated heterocycles. The van der Waals surface area contributed by atoms with E-state index in [1.165, 1.54) is 19.3 Å². The first-order chi connectivity index (χ1) is 8.40. The van der Waals surface area contributed by atoms with Gasteiger partial charge < -0.3 is 14.8 Å². The summed E-state index contributed by atoms with van der Waals surface area (Å²) in [5.74, 6) is 1.14. The Balaban J connectivity index is 1.71. The first-order valence-electron chi connectivity index (χ1n) is 6.94. The largest absolute Gasteiger partial charge is 0.380 e. The second-order valence-electron chi connectivity index (χ2n) is 4.93. The topological polar surface area (TPSA) is 30.5 Å². The van der Waals surface area contributed by atoms with E-state index in [-0.39, 0.29) is 0 Å². The average molecular weight is 259 g/mol. The van der Waals surface area contributed by atoms with E-state index in [0.29, 0.717) is 17.4 Å². The van der Waals surface area contributed by atoms with Gasteiger partial charge in [0.1, 0.15) is 0 Å². The summed E-state index contributed by atoms with van der Waals surface area (Å²) in [7, 11) is 0. The molecular formula is C13H25NO2S. The molecule has 2 heterocycles. The quantitative estimate of drug-likeness (QED) is 0.791. The lowest BCUT2D eigenvalue weighted by Gasteiger charge is -2.32. The van der Waals surface area contributed by atoms with Gasteiger partial charge in [-0.15, -0.1) is 0 Å². The van der Waals surface area contributed by atoms with Gasteiger partial charge in [0.2, 0.25) is 0 Å². The molecule has 0 aromatic heterocycles. The highest BCUT2D eigenvalue weighted by atomic mass is 32.2. The highest BCUT2D eigenvalue weighted by Gasteiger charge is 2.27. The van der Waals surface area contributed by atoms with Crippen molar-refractivity contribution in [2.45, 2.75) is 50.0 Å². The molecular weight excluding hydrogens is 234 g/mol. The van der Waals surface area contributed by atoms with Gasteiger partial charge in [0.05, 0.1) is 12.7 Å². The molecule has 100 valence electrons. The summed E-state index contributed by atoms with van der Waals surface area (Å²) in [6.45, 7) is 6.13. The number of hydrogen-bond donors (Lipinski definition) is 1. The predicted molar refractivity (Wildman–Crippen MR) is 72.7 cm³/mol. The van der Waals surface area contributed by atoms with Crippen LogP contribution in [-0.2, 0) is 9.47 Å². The monoisotopic (exact) mass is 259 g/mol. The minimum atomic E-state index is 0.494. The molecule has 2 aliphatic rings. The number of rotatable bonds is 6. The van der Waals surface area contributed by atoms with Crippen molar-refractivity contribution in [2.24, 2.45) is 0 Å². The summed E-state index contributed by atoms with van der Waals surface area (Å²) in [6.07, 6.45) is 5.34. The van der Waals surface area contributed by atoms with E-state index >= 15 is 0 Å². The van der Waals surface area contributed by atoms with Crippen LogP contribution in [-0.4, -0.2) is 49.5 Å².